The highest BCUT2D eigenvalue weighted by Gasteiger charge is 2.24. The number of benzene rings is 1. The van der Waals surface area contributed by atoms with Gasteiger partial charge in [-0.3, -0.25) is 19.7 Å². The summed E-state index contributed by atoms with van der Waals surface area (Å²) in [4.78, 5) is 35.2. The third kappa shape index (κ3) is 2.24. The van der Waals surface area contributed by atoms with Gasteiger partial charge in [0.2, 0.25) is 17.7 Å². The molecule has 1 aromatic rings. The minimum atomic E-state index is -0.593. The van der Waals surface area contributed by atoms with Gasteiger partial charge in [0.15, 0.2) is 0 Å². The summed E-state index contributed by atoms with van der Waals surface area (Å²) < 4.78 is 0. The molecule has 1 aromatic carbocycles. The Hall–Kier alpha value is -2.57. The van der Waals surface area contributed by atoms with Crippen molar-refractivity contribution in [2.24, 2.45) is 5.73 Å². The van der Waals surface area contributed by atoms with E-state index in [2.05, 4.69) is 5.32 Å². The highest BCUT2D eigenvalue weighted by molar-refractivity contribution is 6.04. The van der Waals surface area contributed by atoms with Gasteiger partial charge in [0, 0.05) is 5.56 Å². The predicted octanol–water partition coefficient (Wildman–Crippen LogP) is -1.17. The molecule has 1 saturated heterocycles. The quantitative estimate of drug-likeness (QED) is 0.450. The topological polar surface area (TPSA) is 119 Å². The molecular weight excluding hydrogens is 236 g/mol. The zero-order chi connectivity index (χ0) is 13.3. The first-order valence-electron chi connectivity index (χ1n) is 5.24. The summed E-state index contributed by atoms with van der Waals surface area (Å²) in [6, 6.07) is 4.49. The van der Waals surface area contributed by atoms with Gasteiger partial charge in [-0.25, -0.2) is 0 Å². The van der Waals surface area contributed by atoms with Crippen molar-refractivity contribution in [3.8, 4) is 0 Å². The predicted molar refractivity (Wildman–Crippen MR) is 64.7 cm³/mol. The zero-order valence-electron chi connectivity index (χ0n) is 9.47. The number of nitrogen functional groups attached to an aromatic ring is 1. The van der Waals surface area contributed by atoms with Crippen LogP contribution in [0.3, 0.4) is 0 Å². The van der Waals surface area contributed by atoms with E-state index in [1.54, 1.807) is 0 Å². The molecule has 2 rings (SSSR count). The summed E-state index contributed by atoms with van der Waals surface area (Å²) >= 11 is 0. The molecule has 0 unspecified atom stereocenters. The van der Waals surface area contributed by atoms with Crippen LogP contribution in [0.5, 0.6) is 0 Å². The van der Waals surface area contributed by atoms with Crippen LogP contribution in [0.15, 0.2) is 18.2 Å². The zero-order valence-corrected chi connectivity index (χ0v) is 9.47. The van der Waals surface area contributed by atoms with Gasteiger partial charge in [0.1, 0.15) is 0 Å². The van der Waals surface area contributed by atoms with Gasteiger partial charge in [0.05, 0.1) is 24.5 Å². The number of anilines is 2. The maximum atomic E-state index is 11.3. The molecule has 0 saturated carbocycles. The molecule has 0 spiro atoms. The van der Waals surface area contributed by atoms with E-state index >= 15 is 0 Å². The van der Waals surface area contributed by atoms with Crippen LogP contribution in [-0.2, 0) is 9.59 Å². The number of carbonyl (C=O) groups is 3. The number of imide groups is 1. The van der Waals surface area contributed by atoms with Crippen LogP contribution in [0.25, 0.3) is 0 Å². The lowest BCUT2D eigenvalue weighted by Gasteiger charge is -2.28. The lowest BCUT2D eigenvalue weighted by molar-refractivity contribution is -0.130. The van der Waals surface area contributed by atoms with Crippen molar-refractivity contribution in [1.82, 2.24) is 5.32 Å². The van der Waals surface area contributed by atoms with Crippen LogP contribution in [0.4, 0.5) is 11.4 Å². The number of nitrogens with one attached hydrogen (secondary N) is 1. The molecule has 7 nitrogen and oxygen atoms in total. The molecule has 0 aliphatic carbocycles. The van der Waals surface area contributed by atoms with E-state index in [0.717, 1.165) is 0 Å². The largest absolute Gasteiger partial charge is 0.397 e. The van der Waals surface area contributed by atoms with Crippen LogP contribution in [-0.4, -0.2) is 30.8 Å². The molecular formula is C11H12N4O3. The smallest absolute Gasteiger partial charge is 0.248 e. The van der Waals surface area contributed by atoms with Crippen LogP contribution in [0, 0.1) is 0 Å². The Bertz CT molecular complexity index is 525. The van der Waals surface area contributed by atoms with Gasteiger partial charge >= 0.3 is 0 Å². The van der Waals surface area contributed by atoms with Crippen molar-refractivity contribution in [3.63, 3.8) is 0 Å². The van der Waals surface area contributed by atoms with Gasteiger partial charge in [-0.1, -0.05) is 0 Å². The van der Waals surface area contributed by atoms with Gasteiger partial charge in [-0.2, -0.15) is 0 Å². The van der Waals surface area contributed by atoms with Crippen molar-refractivity contribution in [3.05, 3.63) is 23.8 Å². The molecule has 94 valence electrons. The second-order valence-electron chi connectivity index (χ2n) is 3.97. The van der Waals surface area contributed by atoms with E-state index in [-0.39, 0.29) is 18.7 Å². The number of primary amides is 1. The second-order valence-corrected chi connectivity index (χ2v) is 3.97. The summed E-state index contributed by atoms with van der Waals surface area (Å²) in [6.07, 6.45) is 0. The number of piperazine rings is 1. The number of carbonyl (C=O) groups excluding carboxylic acids is 3. The average Bonchev–Trinajstić information content (AvgIpc) is 2.27. The normalized spacial score (nSPS) is 15.4. The first-order valence-corrected chi connectivity index (χ1v) is 5.24. The van der Waals surface area contributed by atoms with E-state index in [1.807, 2.05) is 0 Å². The maximum Gasteiger partial charge on any atom is 0.248 e. The minimum absolute atomic E-state index is 0.0121. The van der Waals surface area contributed by atoms with Crippen LogP contribution in [0.1, 0.15) is 10.4 Å². The molecule has 18 heavy (non-hydrogen) atoms. The van der Waals surface area contributed by atoms with E-state index in [4.69, 9.17) is 11.5 Å². The Balaban J connectivity index is 2.37. The van der Waals surface area contributed by atoms with Crippen LogP contribution in [0.2, 0.25) is 0 Å². The summed E-state index contributed by atoms with van der Waals surface area (Å²) in [5.74, 6) is -1.41. The Morgan fingerprint density at radius 1 is 1.22 bits per heavy atom. The number of nitrogens with zero attached hydrogens (tertiary/aromatic N) is 1. The number of nitrogens with two attached hydrogens (primary N) is 2. The third-order valence-corrected chi connectivity index (χ3v) is 2.60. The average molecular weight is 248 g/mol. The Morgan fingerprint density at radius 3 is 2.39 bits per heavy atom. The molecule has 1 aliphatic rings. The monoisotopic (exact) mass is 248 g/mol. The van der Waals surface area contributed by atoms with Crippen molar-refractivity contribution in [1.29, 1.82) is 0 Å². The molecule has 0 radical (unpaired) electrons. The first-order chi connectivity index (χ1) is 8.47. The molecule has 1 fully saturated rings. The molecule has 7 heteroatoms. The number of hydrogen-bond acceptors (Lipinski definition) is 5. The second kappa shape index (κ2) is 4.36. The van der Waals surface area contributed by atoms with E-state index in [0.29, 0.717) is 11.4 Å². The first kappa shape index (κ1) is 11.9. The summed E-state index contributed by atoms with van der Waals surface area (Å²) in [5, 5.41) is 2.18. The van der Waals surface area contributed by atoms with Gasteiger partial charge in [0.25, 0.3) is 0 Å². The molecule has 0 atom stereocenters. The van der Waals surface area contributed by atoms with E-state index < -0.39 is 17.7 Å². The Kier molecular flexibility index (Phi) is 2.88. The van der Waals surface area contributed by atoms with Crippen molar-refractivity contribution in [2.45, 2.75) is 0 Å². The van der Waals surface area contributed by atoms with Gasteiger partial charge in [-0.15, -0.1) is 0 Å². The minimum Gasteiger partial charge on any atom is -0.397 e. The van der Waals surface area contributed by atoms with Gasteiger partial charge < -0.3 is 16.4 Å². The maximum absolute atomic E-state index is 11.3. The van der Waals surface area contributed by atoms with Crippen LogP contribution < -0.4 is 21.7 Å². The summed E-state index contributed by atoms with van der Waals surface area (Å²) in [5.41, 5.74) is 12.1. The van der Waals surface area contributed by atoms with Crippen LogP contribution >= 0.6 is 0 Å². The molecule has 0 aromatic heterocycles. The van der Waals surface area contributed by atoms with E-state index in [9.17, 15) is 14.4 Å². The molecule has 0 bridgehead atoms. The van der Waals surface area contributed by atoms with Gasteiger partial charge in [-0.05, 0) is 18.2 Å². The highest BCUT2D eigenvalue weighted by Crippen LogP contribution is 2.25. The Labute approximate surface area is 103 Å². The molecule has 1 heterocycles. The highest BCUT2D eigenvalue weighted by atomic mass is 16.2. The molecule has 1 aliphatic heterocycles. The Morgan fingerprint density at radius 2 is 1.83 bits per heavy atom. The number of rotatable bonds is 2. The summed E-state index contributed by atoms with van der Waals surface area (Å²) in [7, 11) is 0. The summed E-state index contributed by atoms with van der Waals surface area (Å²) in [6.45, 7) is 0.0241. The fourth-order valence-electron chi connectivity index (χ4n) is 1.78. The molecule has 3 amide bonds. The standard InChI is InChI=1S/C11H12N4O3/c12-7-2-1-6(11(13)18)3-8(7)15-4-9(16)14-10(17)5-15/h1-3H,4-5,12H2,(H2,13,18)(H,14,16,17). The fourth-order valence-corrected chi connectivity index (χ4v) is 1.78. The van der Waals surface area contributed by atoms with Crippen molar-refractivity contribution in [2.75, 3.05) is 23.7 Å². The van der Waals surface area contributed by atoms with E-state index in [1.165, 1.54) is 23.1 Å². The molecule has 5 N–H and O–H groups in total. The third-order valence-electron chi connectivity index (χ3n) is 2.60. The lowest BCUT2D eigenvalue weighted by Crippen LogP contribution is -2.51. The number of amides is 3. The SMILES string of the molecule is NC(=O)c1ccc(N)c(N2CC(=O)NC(=O)C2)c1. The lowest BCUT2D eigenvalue weighted by atomic mass is 10.1. The number of hydrogen-bond donors (Lipinski definition) is 3. The van der Waals surface area contributed by atoms with Crippen molar-refractivity contribution >= 4 is 29.1 Å². The fraction of sp³-hybridized carbons (Fsp3) is 0.182. The van der Waals surface area contributed by atoms with Crippen molar-refractivity contribution < 1.29 is 14.4 Å².